The van der Waals surface area contributed by atoms with Crippen LogP contribution in [0.1, 0.15) is 44.8 Å². The van der Waals surface area contributed by atoms with E-state index in [-0.39, 0.29) is 29.0 Å². The van der Waals surface area contributed by atoms with Crippen molar-refractivity contribution in [2.24, 2.45) is 0 Å². The normalized spacial score (nSPS) is 17.6. The highest BCUT2D eigenvalue weighted by Gasteiger charge is 2.33. The number of aromatic nitrogens is 4. The largest absolute Gasteiger partial charge is 0.343 e. The van der Waals surface area contributed by atoms with Crippen LogP contribution in [0, 0.1) is 13.8 Å². The van der Waals surface area contributed by atoms with Crippen LogP contribution >= 0.6 is 23.1 Å². The summed E-state index contributed by atoms with van der Waals surface area (Å²) in [5.74, 6) is 1.06. The van der Waals surface area contributed by atoms with Gasteiger partial charge in [-0.15, -0.1) is 28.1 Å². The molecular formula is C22H26N4O3S3. The Morgan fingerprint density at radius 3 is 2.81 bits per heavy atom. The lowest BCUT2D eigenvalue weighted by atomic mass is 10.1. The fraction of sp³-hybridized carbons (Fsp3) is 0.409. The van der Waals surface area contributed by atoms with E-state index in [1.54, 1.807) is 17.4 Å². The molecule has 1 aliphatic heterocycles. The van der Waals surface area contributed by atoms with E-state index in [0.717, 1.165) is 23.5 Å². The summed E-state index contributed by atoms with van der Waals surface area (Å²) in [7, 11) is -3.02. The lowest BCUT2D eigenvalue weighted by Gasteiger charge is -2.11. The Balaban J connectivity index is 1.49. The van der Waals surface area contributed by atoms with Gasteiger partial charge in [0, 0.05) is 34.3 Å². The maximum atomic E-state index is 13.0. The Hall–Kier alpha value is -2.17. The number of hydrogen-bond donors (Lipinski definition) is 0. The minimum absolute atomic E-state index is 0.0404. The molecule has 0 aromatic carbocycles. The molecule has 0 aliphatic carbocycles. The molecule has 0 bridgehead atoms. The summed E-state index contributed by atoms with van der Waals surface area (Å²) >= 11 is 3.04. The highest BCUT2D eigenvalue weighted by atomic mass is 32.2. The Morgan fingerprint density at radius 2 is 2.16 bits per heavy atom. The number of thiophene rings is 1. The molecule has 1 fully saturated rings. The van der Waals surface area contributed by atoms with Gasteiger partial charge in [-0.2, -0.15) is 0 Å². The zero-order valence-electron chi connectivity index (χ0n) is 18.2. The zero-order valence-corrected chi connectivity index (χ0v) is 20.6. The summed E-state index contributed by atoms with van der Waals surface area (Å²) in [6, 6.07) is 6.08. The maximum Gasteiger partial charge on any atom is 0.191 e. The van der Waals surface area contributed by atoms with Crippen LogP contribution in [0.5, 0.6) is 0 Å². The van der Waals surface area contributed by atoms with Crippen LogP contribution in [0.25, 0.3) is 0 Å². The molecule has 1 saturated heterocycles. The van der Waals surface area contributed by atoms with Gasteiger partial charge in [0.2, 0.25) is 0 Å². The molecule has 4 rings (SSSR count). The highest BCUT2D eigenvalue weighted by Crippen LogP contribution is 2.30. The zero-order chi connectivity index (χ0) is 22.9. The third-order valence-corrected chi connectivity index (χ3v) is 9.35. The van der Waals surface area contributed by atoms with Crippen molar-refractivity contribution in [1.82, 2.24) is 19.3 Å². The Labute approximate surface area is 196 Å². The number of aryl methyl sites for hydroxylation is 1. The molecule has 32 heavy (non-hydrogen) atoms. The molecule has 0 saturated carbocycles. The molecule has 0 radical (unpaired) electrons. The van der Waals surface area contributed by atoms with E-state index in [4.69, 9.17) is 0 Å². The van der Waals surface area contributed by atoms with Gasteiger partial charge in [-0.05, 0) is 37.8 Å². The molecule has 170 valence electrons. The number of Topliss-reactive ketones (excluding diaryl/α,β-unsaturated/α-hetero) is 1. The number of nitrogens with zero attached hydrogens (tertiary/aromatic N) is 4. The number of carbonyl (C=O) groups is 1. The maximum absolute atomic E-state index is 13.0. The Bertz CT molecular complexity index is 1240. The van der Waals surface area contributed by atoms with Gasteiger partial charge in [0.05, 0.1) is 23.8 Å². The van der Waals surface area contributed by atoms with Crippen LogP contribution in [0.3, 0.4) is 0 Å². The Morgan fingerprint density at radius 1 is 1.34 bits per heavy atom. The van der Waals surface area contributed by atoms with Gasteiger partial charge in [-0.25, -0.2) is 8.42 Å². The average Bonchev–Trinajstić information content (AvgIpc) is 3.52. The number of carbonyl (C=O) groups excluding carboxylic acids is 1. The summed E-state index contributed by atoms with van der Waals surface area (Å²) in [6.07, 6.45) is 2.29. The second-order valence-corrected chi connectivity index (χ2v) is 12.2. The number of sulfone groups is 1. The van der Waals surface area contributed by atoms with Crippen LogP contribution < -0.4 is 0 Å². The summed E-state index contributed by atoms with van der Waals surface area (Å²) < 4.78 is 27.8. The van der Waals surface area contributed by atoms with Crippen LogP contribution in [0.4, 0.5) is 0 Å². The molecule has 1 aliphatic rings. The van der Waals surface area contributed by atoms with Crippen molar-refractivity contribution in [3.8, 4) is 0 Å². The summed E-state index contributed by atoms with van der Waals surface area (Å²) in [6.45, 7) is 9.04. The van der Waals surface area contributed by atoms with E-state index >= 15 is 0 Å². The van der Waals surface area contributed by atoms with Crippen LogP contribution in [-0.4, -0.2) is 50.8 Å². The van der Waals surface area contributed by atoms with E-state index in [9.17, 15) is 13.2 Å². The van der Waals surface area contributed by atoms with Crippen LogP contribution in [0.15, 0.2) is 41.4 Å². The van der Waals surface area contributed by atoms with Crippen LogP contribution in [0.2, 0.25) is 0 Å². The molecule has 10 heteroatoms. The lowest BCUT2D eigenvalue weighted by Crippen LogP contribution is -2.12. The van der Waals surface area contributed by atoms with E-state index < -0.39 is 9.84 Å². The summed E-state index contributed by atoms with van der Waals surface area (Å²) in [5.41, 5.74) is 2.75. The number of hydrogen-bond acceptors (Lipinski definition) is 7. The minimum atomic E-state index is -3.02. The second-order valence-electron chi connectivity index (χ2n) is 8.00. The molecule has 3 aromatic rings. The van der Waals surface area contributed by atoms with E-state index in [2.05, 4.69) is 32.8 Å². The monoisotopic (exact) mass is 490 g/mol. The molecule has 0 amide bonds. The highest BCUT2D eigenvalue weighted by molar-refractivity contribution is 7.99. The van der Waals surface area contributed by atoms with Crippen molar-refractivity contribution in [1.29, 1.82) is 0 Å². The number of rotatable bonds is 9. The molecule has 3 aromatic heterocycles. The van der Waals surface area contributed by atoms with E-state index in [1.165, 1.54) is 16.6 Å². The van der Waals surface area contributed by atoms with Crippen molar-refractivity contribution in [3.05, 3.63) is 63.9 Å². The van der Waals surface area contributed by atoms with Crippen LogP contribution in [-0.2, 0) is 22.9 Å². The lowest BCUT2D eigenvalue weighted by molar-refractivity contribution is 0.102. The van der Waals surface area contributed by atoms with Crippen molar-refractivity contribution < 1.29 is 13.2 Å². The number of allylic oxidation sites excluding steroid dienone is 1. The fourth-order valence-electron chi connectivity index (χ4n) is 4.10. The SMILES string of the molecule is C=CCn1c(SCC(=O)c2cc(C)n(Cc3cccs3)c2C)nnc1C1CCS(=O)(=O)C1. The smallest absolute Gasteiger partial charge is 0.191 e. The topological polar surface area (TPSA) is 86.8 Å². The van der Waals surface area contributed by atoms with E-state index in [0.29, 0.717) is 23.9 Å². The van der Waals surface area contributed by atoms with Crippen molar-refractivity contribution in [2.45, 2.75) is 44.4 Å². The molecular weight excluding hydrogens is 464 g/mol. The van der Waals surface area contributed by atoms with Crippen molar-refractivity contribution in [3.63, 3.8) is 0 Å². The van der Waals surface area contributed by atoms with Gasteiger partial charge in [0.25, 0.3) is 0 Å². The summed E-state index contributed by atoms with van der Waals surface area (Å²) in [5, 5.41) is 11.2. The predicted octanol–water partition coefficient (Wildman–Crippen LogP) is 3.87. The molecule has 7 nitrogen and oxygen atoms in total. The standard InChI is InChI=1S/C22H26N4O3S3/c1-4-8-25-21(17-7-10-32(28,29)14-17)23-24-22(25)31-13-20(27)19-11-15(2)26(16(19)3)12-18-6-5-9-30-18/h4-6,9,11,17H,1,7-8,10,12-14H2,2-3H3. The van der Waals surface area contributed by atoms with Gasteiger partial charge in [-0.1, -0.05) is 23.9 Å². The first-order valence-electron chi connectivity index (χ1n) is 10.4. The molecule has 1 atom stereocenters. The third kappa shape index (κ3) is 4.77. The van der Waals surface area contributed by atoms with Crippen molar-refractivity contribution >= 4 is 38.7 Å². The Kier molecular flexibility index (Phi) is 6.73. The molecule has 4 heterocycles. The van der Waals surface area contributed by atoms with Crippen molar-refractivity contribution in [2.75, 3.05) is 17.3 Å². The predicted molar refractivity (Wildman–Crippen MR) is 129 cm³/mol. The molecule has 0 spiro atoms. The van der Waals surface area contributed by atoms with Gasteiger partial charge in [-0.3, -0.25) is 4.79 Å². The number of thioether (sulfide) groups is 1. The molecule has 1 unspecified atom stereocenters. The first-order chi connectivity index (χ1) is 15.3. The van der Waals surface area contributed by atoms with Gasteiger partial charge in [0.1, 0.15) is 5.82 Å². The van der Waals surface area contributed by atoms with E-state index in [1.807, 2.05) is 30.5 Å². The first-order valence-corrected chi connectivity index (χ1v) is 14.1. The first kappa shape index (κ1) is 23.0. The minimum Gasteiger partial charge on any atom is -0.343 e. The van der Waals surface area contributed by atoms with Gasteiger partial charge in [0.15, 0.2) is 20.8 Å². The quantitative estimate of drug-likeness (QED) is 0.257. The van der Waals surface area contributed by atoms with Gasteiger partial charge < -0.3 is 9.13 Å². The average molecular weight is 491 g/mol. The molecule has 0 N–H and O–H groups in total. The number of ketones is 1. The fourth-order valence-corrected chi connectivity index (χ4v) is 7.37. The van der Waals surface area contributed by atoms with Gasteiger partial charge >= 0.3 is 0 Å². The second kappa shape index (κ2) is 9.36. The summed E-state index contributed by atoms with van der Waals surface area (Å²) in [4.78, 5) is 14.3. The third-order valence-electron chi connectivity index (χ3n) is 5.76.